The van der Waals surface area contributed by atoms with Crippen molar-refractivity contribution in [2.45, 2.75) is 19.3 Å². The first-order valence-corrected chi connectivity index (χ1v) is 4.69. The molecule has 0 atom stereocenters. The van der Waals surface area contributed by atoms with E-state index in [1.54, 1.807) is 0 Å². The van der Waals surface area contributed by atoms with Crippen molar-refractivity contribution in [2.75, 3.05) is 33.8 Å². The van der Waals surface area contributed by atoms with E-state index in [2.05, 4.69) is 10.2 Å². The van der Waals surface area contributed by atoms with Crippen molar-refractivity contribution in [3.63, 3.8) is 0 Å². The van der Waals surface area contributed by atoms with Crippen LogP contribution in [0.5, 0.6) is 0 Å². The van der Waals surface area contributed by atoms with Gasteiger partial charge in [0, 0.05) is 19.6 Å². The molecular formula is C9H20N2O2. The number of carbonyl (C=O) groups is 1. The molecule has 0 aliphatic heterocycles. The Bertz CT molecular complexity index is 138. The van der Waals surface area contributed by atoms with Crippen molar-refractivity contribution < 1.29 is 9.90 Å². The first-order valence-electron chi connectivity index (χ1n) is 4.69. The molecule has 0 radical (unpaired) electrons. The van der Waals surface area contributed by atoms with E-state index in [0.717, 1.165) is 13.0 Å². The van der Waals surface area contributed by atoms with Crippen LogP contribution in [0.4, 0.5) is 0 Å². The van der Waals surface area contributed by atoms with Crippen LogP contribution in [0.1, 0.15) is 19.3 Å². The number of carbonyl (C=O) groups excluding carboxylic acids is 1. The summed E-state index contributed by atoms with van der Waals surface area (Å²) in [5.41, 5.74) is 0. The lowest BCUT2D eigenvalue weighted by Gasteiger charge is -2.08. The molecule has 0 aliphatic carbocycles. The van der Waals surface area contributed by atoms with Gasteiger partial charge in [-0.25, -0.2) is 0 Å². The average Bonchev–Trinajstić information content (AvgIpc) is 2.04. The van der Waals surface area contributed by atoms with Gasteiger partial charge in [-0.2, -0.15) is 0 Å². The van der Waals surface area contributed by atoms with Gasteiger partial charge in [0.25, 0.3) is 0 Å². The summed E-state index contributed by atoms with van der Waals surface area (Å²) in [6.07, 6.45) is 2.10. The number of hydrogen-bond acceptors (Lipinski definition) is 3. The van der Waals surface area contributed by atoms with Gasteiger partial charge in [0.05, 0.1) is 0 Å². The molecule has 1 amide bonds. The predicted molar refractivity (Wildman–Crippen MR) is 52.5 cm³/mol. The Morgan fingerprint density at radius 1 is 1.38 bits per heavy atom. The molecule has 0 bridgehead atoms. The summed E-state index contributed by atoms with van der Waals surface area (Å²) in [6.45, 7) is 1.66. The van der Waals surface area contributed by atoms with Crippen LogP contribution < -0.4 is 5.32 Å². The summed E-state index contributed by atoms with van der Waals surface area (Å²) >= 11 is 0. The van der Waals surface area contributed by atoms with E-state index in [0.29, 0.717) is 19.4 Å². The third-order valence-electron chi connectivity index (χ3n) is 1.67. The lowest BCUT2D eigenvalue weighted by Crippen LogP contribution is -2.25. The highest BCUT2D eigenvalue weighted by atomic mass is 16.3. The van der Waals surface area contributed by atoms with Crippen LogP contribution in [-0.4, -0.2) is 49.7 Å². The fourth-order valence-electron chi connectivity index (χ4n) is 0.951. The maximum atomic E-state index is 11.1. The Kier molecular flexibility index (Phi) is 7.63. The van der Waals surface area contributed by atoms with Crippen molar-refractivity contribution in [2.24, 2.45) is 0 Å². The van der Waals surface area contributed by atoms with Gasteiger partial charge < -0.3 is 15.3 Å². The molecule has 78 valence electrons. The first kappa shape index (κ1) is 12.4. The summed E-state index contributed by atoms with van der Waals surface area (Å²) < 4.78 is 0. The van der Waals surface area contributed by atoms with Crippen molar-refractivity contribution >= 4 is 5.91 Å². The zero-order valence-electron chi connectivity index (χ0n) is 8.55. The highest BCUT2D eigenvalue weighted by Gasteiger charge is 1.99. The number of nitrogens with zero attached hydrogens (tertiary/aromatic N) is 1. The number of amides is 1. The van der Waals surface area contributed by atoms with E-state index in [1.165, 1.54) is 0 Å². The standard InChI is InChI=1S/C9H20N2O2/c1-11(2)7-3-5-9(13)10-6-4-8-12/h12H,3-8H2,1-2H3,(H,10,13). The minimum absolute atomic E-state index is 0.0790. The Balaban J connectivity index is 3.20. The second-order valence-corrected chi connectivity index (χ2v) is 3.33. The van der Waals surface area contributed by atoms with E-state index < -0.39 is 0 Å². The SMILES string of the molecule is CN(C)CCCC(=O)NCCCO. The van der Waals surface area contributed by atoms with Crippen LogP contribution in [0, 0.1) is 0 Å². The van der Waals surface area contributed by atoms with Crippen molar-refractivity contribution in [1.29, 1.82) is 0 Å². The largest absolute Gasteiger partial charge is 0.396 e. The smallest absolute Gasteiger partial charge is 0.220 e. The van der Waals surface area contributed by atoms with Gasteiger partial charge in [0.2, 0.25) is 5.91 Å². The highest BCUT2D eigenvalue weighted by Crippen LogP contribution is 1.90. The van der Waals surface area contributed by atoms with Gasteiger partial charge in [0.1, 0.15) is 0 Å². The second-order valence-electron chi connectivity index (χ2n) is 3.33. The number of aliphatic hydroxyl groups is 1. The molecule has 0 aliphatic rings. The van der Waals surface area contributed by atoms with Crippen molar-refractivity contribution in [3.05, 3.63) is 0 Å². The normalized spacial score (nSPS) is 10.5. The van der Waals surface area contributed by atoms with Crippen LogP contribution in [0.15, 0.2) is 0 Å². The Labute approximate surface area is 79.9 Å². The van der Waals surface area contributed by atoms with Gasteiger partial charge in [0.15, 0.2) is 0 Å². The van der Waals surface area contributed by atoms with Crippen LogP contribution in [0.3, 0.4) is 0 Å². The van der Waals surface area contributed by atoms with Gasteiger partial charge in [-0.3, -0.25) is 4.79 Å². The van der Waals surface area contributed by atoms with Gasteiger partial charge in [-0.1, -0.05) is 0 Å². The molecule has 0 aromatic carbocycles. The summed E-state index contributed by atoms with van der Waals surface area (Å²) in [5.74, 6) is 0.0790. The zero-order chi connectivity index (χ0) is 10.1. The van der Waals surface area contributed by atoms with E-state index >= 15 is 0 Å². The molecular weight excluding hydrogens is 168 g/mol. The lowest BCUT2D eigenvalue weighted by molar-refractivity contribution is -0.121. The van der Waals surface area contributed by atoms with Gasteiger partial charge >= 0.3 is 0 Å². The molecule has 0 saturated carbocycles. The monoisotopic (exact) mass is 188 g/mol. The molecule has 0 aromatic heterocycles. The lowest BCUT2D eigenvalue weighted by atomic mass is 10.3. The Hall–Kier alpha value is -0.610. The van der Waals surface area contributed by atoms with Gasteiger partial charge in [-0.05, 0) is 33.5 Å². The van der Waals surface area contributed by atoms with Gasteiger partial charge in [-0.15, -0.1) is 0 Å². The first-order chi connectivity index (χ1) is 6.16. The van der Waals surface area contributed by atoms with Crippen LogP contribution in [0.2, 0.25) is 0 Å². The Morgan fingerprint density at radius 3 is 2.62 bits per heavy atom. The maximum absolute atomic E-state index is 11.1. The van der Waals surface area contributed by atoms with Crippen LogP contribution in [-0.2, 0) is 4.79 Å². The van der Waals surface area contributed by atoms with E-state index in [-0.39, 0.29) is 12.5 Å². The summed E-state index contributed by atoms with van der Waals surface area (Å²) in [6, 6.07) is 0. The van der Waals surface area contributed by atoms with Crippen molar-refractivity contribution in [3.8, 4) is 0 Å². The molecule has 4 nitrogen and oxygen atoms in total. The molecule has 0 heterocycles. The molecule has 0 fully saturated rings. The number of nitrogens with one attached hydrogen (secondary N) is 1. The summed E-state index contributed by atoms with van der Waals surface area (Å²) in [4.78, 5) is 13.1. The van der Waals surface area contributed by atoms with E-state index in [4.69, 9.17) is 5.11 Å². The third-order valence-corrected chi connectivity index (χ3v) is 1.67. The molecule has 0 aromatic rings. The fraction of sp³-hybridized carbons (Fsp3) is 0.889. The zero-order valence-corrected chi connectivity index (χ0v) is 8.55. The number of aliphatic hydroxyl groups excluding tert-OH is 1. The Morgan fingerprint density at radius 2 is 2.08 bits per heavy atom. The van der Waals surface area contributed by atoms with Crippen LogP contribution >= 0.6 is 0 Å². The quantitative estimate of drug-likeness (QED) is 0.545. The molecule has 0 saturated heterocycles. The highest BCUT2D eigenvalue weighted by molar-refractivity contribution is 5.75. The molecule has 13 heavy (non-hydrogen) atoms. The van der Waals surface area contributed by atoms with Crippen molar-refractivity contribution in [1.82, 2.24) is 10.2 Å². The number of rotatable bonds is 7. The topological polar surface area (TPSA) is 52.6 Å². The number of hydrogen-bond donors (Lipinski definition) is 2. The summed E-state index contributed by atoms with van der Waals surface area (Å²) in [5, 5.41) is 11.2. The van der Waals surface area contributed by atoms with E-state index in [1.807, 2.05) is 14.1 Å². The molecule has 0 rings (SSSR count). The maximum Gasteiger partial charge on any atom is 0.220 e. The third kappa shape index (κ3) is 9.30. The molecule has 0 unspecified atom stereocenters. The predicted octanol–water partition coefficient (Wildman–Crippen LogP) is -0.173. The minimum Gasteiger partial charge on any atom is -0.396 e. The second kappa shape index (κ2) is 8.01. The minimum atomic E-state index is 0.0790. The van der Waals surface area contributed by atoms with E-state index in [9.17, 15) is 4.79 Å². The fourth-order valence-corrected chi connectivity index (χ4v) is 0.951. The molecule has 4 heteroatoms. The van der Waals surface area contributed by atoms with Crippen LogP contribution in [0.25, 0.3) is 0 Å². The summed E-state index contributed by atoms with van der Waals surface area (Å²) in [7, 11) is 3.98. The average molecular weight is 188 g/mol. The molecule has 0 spiro atoms. The molecule has 2 N–H and O–H groups in total.